The van der Waals surface area contributed by atoms with Gasteiger partial charge in [0.15, 0.2) is 6.61 Å². The van der Waals surface area contributed by atoms with Gasteiger partial charge in [-0.05, 0) is 5.56 Å². The minimum atomic E-state index is -0.726. The summed E-state index contributed by atoms with van der Waals surface area (Å²) in [6, 6.07) is 18.3. The van der Waals surface area contributed by atoms with E-state index in [-0.39, 0.29) is 5.56 Å². The summed E-state index contributed by atoms with van der Waals surface area (Å²) in [5.74, 6) is -1.43. The molecule has 0 saturated heterocycles. The molecular weight excluding hydrogens is 372 g/mol. The lowest BCUT2D eigenvalue weighted by Gasteiger charge is -2.05. The predicted molar refractivity (Wildman–Crippen MR) is 106 cm³/mol. The summed E-state index contributed by atoms with van der Waals surface area (Å²) in [7, 11) is 1.38. The van der Waals surface area contributed by atoms with Crippen LogP contribution in [0.3, 0.4) is 0 Å². The molecule has 0 bridgehead atoms. The molecule has 0 aliphatic carbocycles. The molecule has 2 N–H and O–H groups in total. The van der Waals surface area contributed by atoms with E-state index in [1.54, 1.807) is 10.9 Å². The second-order valence-corrected chi connectivity index (χ2v) is 6.14. The van der Waals surface area contributed by atoms with Gasteiger partial charge in [0.25, 0.3) is 5.91 Å². The summed E-state index contributed by atoms with van der Waals surface area (Å²) >= 11 is 0. The number of ether oxygens (including phenoxy) is 1. The lowest BCUT2D eigenvalue weighted by atomic mass is 10.1. The van der Waals surface area contributed by atoms with E-state index in [1.165, 1.54) is 7.05 Å². The molecule has 1 heterocycles. The molecular formula is C21H20N4O4. The van der Waals surface area contributed by atoms with Crippen LogP contribution in [-0.4, -0.2) is 41.3 Å². The molecule has 0 atom stereocenters. The first-order valence-electron chi connectivity index (χ1n) is 8.92. The number of esters is 1. The van der Waals surface area contributed by atoms with Gasteiger partial charge in [-0.3, -0.25) is 14.8 Å². The molecule has 3 aromatic rings. The van der Waals surface area contributed by atoms with Crippen LogP contribution in [0.4, 0.5) is 4.79 Å². The van der Waals surface area contributed by atoms with Gasteiger partial charge in [0.2, 0.25) is 0 Å². The van der Waals surface area contributed by atoms with Gasteiger partial charge in [-0.25, -0.2) is 9.59 Å². The second-order valence-electron chi connectivity index (χ2n) is 6.14. The number of benzene rings is 2. The van der Waals surface area contributed by atoms with Gasteiger partial charge in [0, 0.05) is 18.8 Å². The number of amides is 3. The number of nitrogens with zero attached hydrogens (tertiary/aromatic N) is 2. The van der Waals surface area contributed by atoms with Gasteiger partial charge in [0.05, 0.1) is 6.54 Å². The highest BCUT2D eigenvalue weighted by Crippen LogP contribution is 2.23. The van der Waals surface area contributed by atoms with Crippen LogP contribution in [-0.2, 0) is 16.1 Å². The third-order valence-electron chi connectivity index (χ3n) is 4.03. The van der Waals surface area contributed by atoms with Crippen molar-refractivity contribution in [2.45, 2.75) is 6.54 Å². The predicted octanol–water partition coefficient (Wildman–Crippen LogP) is 2.21. The van der Waals surface area contributed by atoms with Crippen LogP contribution < -0.4 is 10.6 Å². The van der Waals surface area contributed by atoms with Crippen LogP contribution in [0.2, 0.25) is 0 Å². The largest absolute Gasteiger partial charge is 0.452 e. The van der Waals surface area contributed by atoms with Gasteiger partial charge < -0.3 is 10.1 Å². The summed E-state index contributed by atoms with van der Waals surface area (Å²) in [6.45, 7) is -0.102. The smallest absolute Gasteiger partial charge is 0.342 e. The van der Waals surface area contributed by atoms with Crippen LogP contribution in [0.15, 0.2) is 66.9 Å². The Morgan fingerprint density at radius 2 is 1.66 bits per heavy atom. The van der Waals surface area contributed by atoms with Crippen LogP contribution in [0.5, 0.6) is 0 Å². The Balaban J connectivity index is 1.81. The summed E-state index contributed by atoms with van der Waals surface area (Å²) in [6.07, 6.45) is 1.59. The molecule has 8 heteroatoms. The zero-order valence-corrected chi connectivity index (χ0v) is 15.8. The zero-order valence-electron chi connectivity index (χ0n) is 15.8. The topological polar surface area (TPSA) is 102 Å². The highest BCUT2D eigenvalue weighted by molar-refractivity contribution is 5.99. The second kappa shape index (κ2) is 9.32. The van der Waals surface area contributed by atoms with E-state index in [0.717, 1.165) is 11.1 Å². The first-order valence-corrected chi connectivity index (χ1v) is 8.92. The molecule has 0 aliphatic heterocycles. The van der Waals surface area contributed by atoms with Crippen molar-refractivity contribution in [3.63, 3.8) is 0 Å². The molecule has 0 spiro atoms. The van der Waals surface area contributed by atoms with Crippen LogP contribution in [0.25, 0.3) is 11.3 Å². The number of carbonyl (C=O) groups excluding carboxylic acids is 3. The minimum Gasteiger partial charge on any atom is -0.452 e. The summed E-state index contributed by atoms with van der Waals surface area (Å²) in [5.41, 5.74) is 2.47. The van der Waals surface area contributed by atoms with Crippen molar-refractivity contribution in [2.75, 3.05) is 13.7 Å². The van der Waals surface area contributed by atoms with Crippen molar-refractivity contribution >= 4 is 17.9 Å². The first kappa shape index (κ1) is 19.8. The maximum atomic E-state index is 12.6. The zero-order chi connectivity index (χ0) is 20.6. The molecule has 0 aliphatic rings. The number of imide groups is 1. The summed E-state index contributed by atoms with van der Waals surface area (Å²) in [5, 5.41) is 8.82. The van der Waals surface area contributed by atoms with Crippen LogP contribution >= 0.6 is 0 Å². The number of urea groups is 1. The number of nitrogens with one attached hydrogen (secondary N) is 2. The molecule has 1 aromatic heterocycles. The highest BCUT2D eigenvalue weighted by atomic mass is 16.5. The third-order valence-corrected chi connectivity index (χ3v) is 4.03. The minimum absolute atomic E-state index is 0.236. The molecule has 148 valence electrons. The van der Waals surface area contributed by atoms with Gasteiger partial charge in [-0.15, -0.1) is 0 Å². The molecule has 2 aromatic carbocycles. The Hall–Kier alpha value is -3.94. The molecule has 3 rings (SSSR count). The Bertz CT molecular complexity index is 1000. The number of aromatic nitrogens is 2. The maximum absolute atomic E-state index is 12.6. The average Bonchev–Trinajstić information content (AvgIpc) is 3.17. The van der Waals surface area contributed by atoms with Gasteiger partial charge in [-0.1, -0.05) is 60.7 Å². The van der Waals surface area contributed by atoms with Gasteiger partial charge in [0.1, 0.15) is 11.3 Å². The molecule has 3 amide bonds. The van der Waals surface area contributed by atoms with Crippen LogP contribution in [0, 0.1) is 0 Å². The van der Waals surface area contributed by atoms with Crippen molar-refractivity contribution in [2.24, 2.45) is 0 Å². The molecule has 0 fully saturated rings. The SMILES string of the molecule is CNC(=O)NC(=O)COC(=O)c1cn(Cc2ccccc2)nc1-c1ccccc1. The van der Waals surface area contributed by atoms with E-state index < -0.39 is 24.5 Å². The number of rotatable bonds is 6. The average molecular weight is 392 g/mol. The lowest BCUT2D eigenvalue weighted by Crippen LogP contribution is -2.39. The molecule has 0 saturated carbocycles. The molecule has 29 heavy (non-hydrogen) atoms. The van der Waals surface area contributed by atoms with Crippen molar-refractivity contribution in [1.29, 1.82) is 0 Å². The Labute approximate surface area is 167 Å². The molecule has 0 unspecified atom stereocenters. The highest BCUT2D eigenvalue weighted by Gasteiger charge is 2.20. The van der Waals surface area contributed by atoms with E-state index in [9.17, 15) is 14.4 Å². The fraction of sp³-hybridized carbons (Fsp3) is 0.143. The van der Waals surface area contributed by atoms with E-state index in [4.69, 9.17) is 4.74 Å². The summed E-state index contributed by atoms with van der Waals surface area (Å²) < 4.78 is 6.73. The standard InChI is InChI=1S/C21H20N4O4/c1-22-21(28)23-18(26)14-29-20(27)17-13-25(12-15-8-4-2-5-9-15)24-19(17)16-10-6-3-7-11-16/h2-11,13H,12,14H2,1H3,(H2,22,23,26,28). The number of carbonyl (C=O) groups is 3. The first-order chi connectivity index (χ1) is 14.1. The Kier molecular flexibility index (Phi) is 6.36. The van der Waals surface area contributed by atoms with Crippen molar-refractivity contribution < 1.29 is 19.1 Å². The van der Waals surface area contributed by atoms with E-state index in [1.807, 2.05) is 66.0 Å². The molecule has 0 radical (unpaired) electrons. The quantitative estimate of drug-likeness (QED) is 0.626. The van der Waals surface area contributed by atoms with Gasteiger partial charge in [-0.2, -0.15) is 5.10 Å². The fourth-order valence-electron chi connectivity index (χ4n) is 2.67. The van der Waals surface area contributed by atoms with E-state index in [2.05, 4.69) is 10.4 Å². The van der Waals surface area contributed by atoms with Crippen molar-refractivity contribution in [1.82, 2.24) is 20.4 Å². The van der Waals surface area contributed by atoms with Crippen LogP contribution in [0.1, 0.15) is 15.9 Å². The van der Waals surface area contributed by atoms with E-state index in [0.29, 0.717) is 12.2 Å². The monoisotopic (exact) mass is 392 g/mol. The summed E-state index contributed by atoms with van der Waals surface area (Å²) in [4.78, 5) is 35.4. The maximum Gasteiger partial charge on any atom is 0.342 e. The van der Waals surface area contributed by atoms with Gasteiger partial charge >= 0.3 is 12.0 Å². The Morgan fingerprint density at radius 1 is 1.00 bits per heavy atom. The van der Waals surface area contributed by atoms with E-state index >= 15 is 0 Å². The third kappa shape index (κ3) is 5.29. The lowest BCUT2D eigenvalue weighted by molar-refractivity contribution is -0.123. The number of hydrogen-bond donors (Lipinski definition) is 2. The fourth-order valence-corrected chi connectivity index (χ4v) is 2.67. The van der Waals surface area contributed by atoms with Crippen molar-refractivity contribution in [3.8, 4) is 11.3 Å². The Morgan fingerprint density at radius 3 is 2.31 bits per heavy atom. The normalized spacial score (nSPS) is 10.2. The molecule has 8 nitrogen and oxygen atoms in total. The van der Waals surface area contributed by atoms with Crippen molar-refractivity contribution in [3.05, 3.63) is 78.0 Å². The number of hydrogen-bond acceptors (Lipinski definition) is 5.